The molecular formula is C13H15FN2. The van der Waals surface area contributed by atoms with Crippen LogP contribution >= 0.6 is 0 Å². The van der Waals surface area contributed by atoms with Crippen LogP contribution in [0.15, 0.2) is 18.2 Å². The van der Waals surface area contributed by atoms with E-state index in [9.17, 15) is 4.39 Å². The Labute approximate surface area is 94.1 Å². The maximum absolute atomic E-state index is 13.1. The van der Waals surface area contributed by atoms with E-state index in [1.807, 2.05) is 17.7 Å². The molecule has 0 unspecified atom stereocenters. The fraction of sp³-hybridized carbons (Fsp3) is 0.462. The van der Waals surface area contributed by atoms with Gasteiger partial charge in [-0.15, -0.1) is 0 Å². The van der Waals surface area contributed by atoms with E-state index in [2.05, 4.69) is 5.10 Å². The summed E-state index contributed by atoms with van der Waals surface area (Å²) in [6.45, 7) is 2.90. The molecule has 1 aromatic heterocycles. The Bertz CT molecular complexity index is 526. The first-order valence-electron chi connectivity index (χ1n) is 5.87. The van der Waals surface area contributed by atoms with E-state index in [0.29, 0.717) is 0 Å². The van der Waals surface area contributed by atoms with Crippen LogP contribution in [0.4, 0.5) is 4.39 Å². The first kappa shape index (κ1) is 9.82. The zero-order valence-electron chi connectivity index (χ0n) is 9.41. The summed E-state index contributed by atoms with van der Waals surface area (Å²) in [6.07, 6.45) is 3.94. The molecule has 0 N–H and O–H groups in total. The molecule has 1 saturated carbocycles. The van der Waals surface area contributed by atoms with Crippen molar-refractivity contribution in [1.82, 2.24) is 9.78 Å². The molecule has 2 nitrogen and oxygen atoms in total. The van der Waals surface area contributed by atoms with Crippen molar-refractivity contribution in [2.24, 2.45) is 5.92 Å². The molecule has 1 aliphatic carbocycles. The highest BCUT2D eigenvalue weighted by Crippen LogP contribution is 2.33. The minimum atomic E-state index is -0.183. The Kier molecular flexibility index (Phi) is 2.20. The van der Waals surface area contributed by atoms with Gasteiger partial charge in [0, 0.05) is 11.9 Å². The lowest BCUT2D eigenvalue weighted by Crippen LogP contribution is -2.00. The molecular weight excluding hydrogens is 203 g/mol. The third kappa shape index (κ3) is 1.70. The molecule has 16 heavy (non-hydrogen) atoms. The van der Waals surface area contributed by atoms with Gasteiger partial charge in [0.25, 0.3) is 0 Å². The molecule has 0 radical (unpaired) electrons. The molecule has 0 atom stereocenters. The second kappa shape index (κ2) is 3.58. The highest BCUT2D eigenvalue weighted by molar-refractivity contribution is 5.81. The average molecular weight is 218 g/mol. The van der Waals surface area contributed by atoms with Gasteiger partial charge in [0.05, 0.1) is 11.2 Å². The molecule has 0 bridgehead atoms. The van der Waals surface area contributed by atoms with Crippen molar-refractivity contribution >= 4 is 10.9 Å². The SMILES string of the molecule is Cc1nn(CCC2CC2)c2ccc(F)cc12. The van der Waals surface area contributed by atoms with E-state index in [1.165, 1.54) is 25.3 Å². The lowest BCUT2D eigenvalue weighted by atomic mass is 10.2. The van der Waals surface area contributed by atoms with Crippen LogP contribution in [0.2, 0.25) is 0 Å². The number of hydrogen-bond acceptors (Lipinski definition) is 1. The normalized spacial score (nSPS) is 15.9. The van der Waals surface area contributed by atoms with E-state index in [1.54, 1.807) is 6.07 Å². The predicted molar refractivity (Wildman–Crippen MR) is 61.8 cm³/mol. The summed E-state index contributed by atoms with van der Waals surface area (Å²) in [7, 11) is 0. The Morgan fingerprint density at radius 3 is 3.00 bits per heavy atom. The molecule has 1 aliphatic rings. The number of halogens is 1. The number of aryl methyl sites for hydroxylation is 2. The Morgan fingerprint density at radius 2 is 2.25 bits per heavy atom. The molecule has 1 heterocycles. The molecule has 0 saturated heterocycles. The molecule has 2 aromatic rings. The van der Waals surface area contributed by atoms with Gasteiger partial charge in [0.1, 0.15) is 5.82 Å². The second-order valence-corrected chi connectivity index (χ2v) is 4.70. The van der Waals surface area contributed by atoms with Crippen LogP contribution in [0, 0.1) is 18.7 Å². The smallest absolute Gasteiger partial charge is 0.124 e. The van der Waals surface area contributed by atoms with Crippen molar-refractivity contribution in [3.8, 4) is 0 Å². The molecule has 1 aromatic carbocycles. The number of fused-ring (bicyclic) bond motifs is 1. The number of nitrogens with zero attached hydrogens (tertiary/aromatic N) is 2. The summed E-state index contributed by atoms with van der Waals surface area (Å²) < 4.78 is 15.1. The summed E-state index contributed by atoms with van der Waals surface area (Å²) in [4.78, 5) is 0. The van der Waals surface area contributed by atoms with Crippen LogP contribution in [-0.4, -0.2) is 9.78 Å². The van der Waals surface area contributed by atoms with Gasteiger partial charge in [-0.2, -0.15) is 5.10 Å². The molecule has 3 heteroatoms. The highest BCUT2D eigenvalue weighted by atomic mass is 19.1. The van der Waals surface area contributed by atoms with E-state index >= 15 is 0 Å². The zero-order valence-corrected chi connectivity index (χ0v) is 9.41. The quantitative estimate of drug-likeness (QED) is 0.773. The Balaban J connectivity index is 1.97. The van der Waals surface area contributed by atoms with Crippen molar-refractivity contribution in [2.45, 2.75) is 32.7 Å². The summed E-state index contributed by atoms with van der Waals surface area (Å²) in [6, 6.07) is 4.92. The van der Waals surface area contributed by atoms with Crippen molar-refractivity contribution in [1.29, 1.82) is 0 Å². The fourth-order valence-corrected chi connectivity index (χ4v) is 2.19. The van der Waals surface area contributed by atoms with Crippen molar-refractivity contribution < 1.29 is 4.39 Å². The average Bonchev–Trinajstić information content (AvgIpc) is 3.03. The van der Waals surface area contributed by atoms with Gasteiger partial charge < -0.3 is 0 Å². The van der Waals surface area contributed by atoms with Crippen molar-refractivity contribution in [3.05, 3.63) is 29.7 Å². The van der Waals surface area contributed by atoms with Crippen molar-refractivity contribution in [2.75, 3.05) is 0 Å². The maximum atomic E-state index is 13.1. The van der Waals surface area contributed by atoms with Gasteiger partial charge in [-0.25, -0.2) is 4.39 Å². The Hall–Kier alpha value is -1.38. The van der Waals surface area contributed by atoms with Crippen molar-refractivity contribution in [3.63, 3.8) is 0 Å². The van der Waals surface area contributed by atoms with Gasteiger partial charge in [0.15, 0.2) is 0 Å². The standard InChI is InChI=1S/C13H15FN2/c1-9-12-8-11(14)4-5-13(12)16(15-9)7-6-10-2-3-10/h4-5,8,10H,2-3,6-7H2,1H3. The lowest BCUT2D eigenvalue weighted by molar-refractivity contribution is 0.557. The maximum Gasteiger partial charge on any atom is 0.124 e. The number of rotatable bonds is 3. The van der Waals surface area contributed by atoms with E-state index in [-0.39, 0.29) is 5.82 Å². The topological polar surface area (TPSA) is 17.8 Å². The van der Waals surface area contributed by atoms with Gasteiger partial charge in [-0.1, -0.05) is 12.8 Å². The summed E-state index contributed by atoms with van der Waals surface area (Å²) in [5, 5.41) is 5.42. The summed E-state index contributed by atoms with van der Waals surface area (Å²) >= 11 is 0. The molecule has 0 amide bonds. The number of aromatic nitrogens is 2. The van der Waals surface area contributed by atoms with E-state index in [4.69, 9.17) is 0 Å². The second-order valence-electron chi connectivity index (χ2n) is 4.70. The van der Waals surface area contributed by atoms with Crippen LogP contribution in [0.25, 0.3) is 10.9 Å². The van der Waals surface area contributed by atoms with E-state index < -0.39 is 0 Å². The molecule has 0 aliphatic heterocycles. The fourth-order valence-electron chi connectivity index (χ4n) is 2.19. The minimum Gasteiger partial charge on any atom is -0.265 e. The van der Waals surface area contributed by atoms with E-state index in [0.717, 1.165) is 29.1 Å². The van der Waals surface area contributed by atoms with Gasteiger partial charge >= 0.3 is 0 Å². The first-order chi connectivity index (χ1) is 7.74. The third-order valence-electron chi connectivity index (χ3n) is 3.34. The van der Waals surface area contributed by atoms with Gasteiger partial charge in [-0.3, -0.25) is 4.68 Å². The third-order valence-corrected chi connectivity index (χ3v) is 3.34. The van der Waals surface area contributed by atoms with Crippen LogP contribution < -0.4 is 0 Å². The first-order valence-corrected chi connectivity index (χ1v) is 5.87. The number of hydrogen-bond donors (Lipinski definition) is 0. The number of benzene rings is 1. The monoisotopic (exact) mass is 218 g/mol. The Morgan fingerprint density at radius 1 is 1.44 bits per heavy atom. The van der Waals surface area contributed by atoms with Gasteiger partial charge in [-0.05, 0) is 37.5 Å². The zero-order chi connectivity index (χ0) is 11.1. The molecule has 1 fully saturated rings. The molecule has 84 valence electrons. The molecule has 3 rings (SSSR count). The minimum absolute atomic E-state index is 0.183. The summed E-state index contributed by atoms with van der Waals surface area (Å²) in [5.41, 5.74) is 1.98. The van der Waals surface area contributed by atoms with Crippen LogP contribution in [0.1, 0.15) is 25.0 Å². The summed E-state index contributed by atoms with van der Waals surface area (Å²) in [5.74, 6) is 0.720. The van der Waals surface area contributed by atoms with Crippen LogP contribution in [0.3, 0.4) is 0 Å². The van der Waals surface area contributed by atoms with Gasteiger partial charge in [0.2, 0.25) is 0 Å². The largest absolute Gasteiger partial charge is 0.265 e. The predicted octanol–water partition coefficient (Wildman–Crippen LogP) is 3.28. The highest BCUT2D eigenvalue weighted by Gasteiger charge is 2.21. The molecule has 0 spiro atoms. The van der Waals surface area contributed by atoms with Crippen LogP contribution in [-0.2, 0) is 6.54 Å². The lowest BCUT2D eigenvalue weighted by Gasteiger charge is -2.01. The van der Waals surface area contributed by atoms with Crippen LogP contribution in [0.5, 0.6) is 0 Å².